The Morgan fingerprint density at radius 1 is 1.32 bits per heavy atom. The Labute approximate surface area is 126 Å². The van der Waals surface area contributed by atoms with Crippen molar-refractivity contribution in [2.45, 2.75) is 43.4 Å². The second-order valence-electron chi connectivity index (χ2n) is 6.94. The molecule has 0 aromatic heterocycles. The van der Waals surface area contributed by atoms with Crippen LogP contribution in [0.5, 0.6) is 0 Å². The van der Waals surface area contributed by atoms with E-state index in [1.165, 1.54) is 0 Å². The maximum atomic E-state index is 12.6. The van der Waals surface area contributed by atoms with Crippen LogP contribution >= 0.6 is 0 Å². The molecule has 0 aromatic carbocycles. The Morgan fingerprint density at radius 2 is 2.09 bits per heavy atom. The SMILES string of the molecule is CC1=CC2OC3[C@H](O)CC([C@@]34CO4)[C@]23COC(=O)O[C@@H]3C1=O. The third kappa shape index (κ3) is 1.25. The highest BCUT2D eigenvalue weighted by molar-refractivity contribution is 6.01. The van der Waals surface area contributed by atoms with Crippen molar-refractivity contribution in [1.29, 1.82) is 0 Å². The summed E-state index contributed by atoms with van der Waals surface area (Å²) in [5.74, 6) is -0.350. The summed E-state index contributed by atoms with van der Waals surface area (Å²) in [5.41, 5.74) is -0.864. The van der Waals surface area contributed by atoms with E-state index in [0.717, 1.165) is 0 Å². The fourth-order valence-corrected chi connectivity index (χ4v) is 4.92. The van der Waals surface area contributed by atoms with Crippen molar-refractivity contribution in [2.24, 2.45) is 11.3 Å². The van der Waals surface area contributed by atoms with Crippen molar-refractivity contribution in [3.05, 3.63) is 11.6 Å². The molecule has 5 aliphatic rings. The van der Waals surface area contributed by atoms with Crippen molar-refractivity contribution in [3.63, 3.8) is 0 Å². The van der Waals surface area contributed by atoms with Crippen molar-refractivity contribution in [2.75, 3.05) is 13.2 Å². The second kappa shape index (κ2) is 3.72. The highest BCUT2D eigenvalue weighted by Crippen LogP contribution is 2.65. The van der Waals surface area contributed by atoms with Crippen molar-refractivity contribution >= 4 is 11.9 Å². The van der Waals surface area contributed by atoms with Crippen LogP contribution in [0, 0.1) is 11.3 Å². The minimum absolute atomic E-state index is 0.0475. The van der Waals surface area contributed by atoms with E-state index < -0.39 is 41.6 Å². The van der Waals surface area contributed by atoms with Gasteiger partial charge in [0.1, 0.15) is 18.3 Å². The summed E-state index contributed by atoms with van der Waals surface area (Å²) >= 11 is 0. The number of carbonyl (C=O) groups excluding carboxylic acids is 2. The maximum Gasteiger partial charge on any atom is 0.509 e. The zero-order chi connectivity index (χ0) is 15.3. The van der Waals surface area contributed by atoms with Crippen LogP contribution in [-0.4, -0.2) is 60.3 Å². The Morgan fingerprint density at radius 3 is 2.82 bits per heavy atom. The lowest BCUT2D eigenvalue weighted by Gasteiger charge is -2.54. The topological polar surface area (TPSA) is 94.6 Å². The summed E-state index contributed by atoms with van der Waals surface area (Å²) in [4.78, 5) is 24.1. The fraction of sp³-hybridized carbons (Fsp3) is 0.733. The van der Waals surface area contributed by atoms with Crippen LogP contribution in [0.2, 0.25) is 0 Å². The van der Waals surface area contributed by atoms with Gasteiger partial charge in [0.25, 0.3) is 0 Å². The number of aliphatic hydroxyl groups excluding tert-OH is 1. The molecular formula is C15H16O7. The Kier molecular flexibility index (Phi) is 2.20. The molecule has 118 valence electrons. The van der Waals surface area contributed by atoms with Gasteiger partial charge in [-0.3, -0.25) is 4.79 Å². The fourth-order valence-electron chi connectivity index (χ4n) is 4.92. The average Bonchev–Trinajstić information content (AvgIpc) is 3.23. The van der Waals surface area contributed by atoms with Gasteiger partial charge in [0.15, 0.2) is 11.9 Å². The van der Waals surface area contributed by atoms with Crippen LogP contribution in [0.15, 0.2) is 11.6 Å². The zero-order valence-electron chi connectivity index (χ0n) is 12.0. The molecule has 7 atom stereocenters. The molecule has 2 bridgehead atoms. The van der Waals surface area contributed by atoms with E-state index >= 15 is 0 Å². The Balaban J connectivity index is 1.69. The smallest absolute Gasteiger partial charge is 0.433 e. The van der Waals surface area contributed by atoms with Gasteiger partial charge in [-0.2, -0.15) is 0 Å². The third-order valence-electron chi connectivity index (χ3n) is 6.02. The summed E-state index contributed by atoms with van der Waals surface area (Å²) in [7, 11) is 0. The number of hydrogen-bond acceptors (Lipinski definition) is 7. The molecule has 0 radical (unpaired) electrons. The van der Waals surface area contributed by atoms with Crippen LogP contribution in [0.4, 0.5) is 4.79 Å². The number of cyclic esters (lactones) is 1. The number of ether oxygens (including phenoxy) is 4. The number of carbonyl (C=O) groups is 2. The van der Waals surface area contributed by atoms with Crippen LogP contribution in [0.1, 0.15) is 13.3 Å². The van der Waals surface area contributed by atoms with Crippen molar-refractivity contribution in [3.8, 4) is 0 Å². The van der Waals surface area contributed by atoms with Crippen LogP contribution in [-0.2, 0) is 23.7 Å². The molecule has 3 saturated heterocycles. The van der Waals surface area contributed by atoms with Gasteiger partial charge in [0.2, 0.25) is 0 Å². The van der Waals surface area contributed by atoms with E-state index in [1.54, 1.807) is 13.0 Å². The van der Waals surface area contributed by atoms with Gasteiger partial charge in [0, 0.05) is 5.92 Å². The molecule has 7 nitrogen and oxygen atoms in total. The van der Waals surface area contributed by atoms with Crippen LogP contribution in [0.25, 0.3) is 0 Å². The van der Waals surface area contributed by atoms with E-state index in [9.17, 15) is 14.7 Å². The van der Waals surface area contributed by atoms with Gasteiger partial charge in [-0.15, -0.1) is 0 Å². The number of Topliss-reactive ketones (excluding diaryl/α,β-unsaturated/α-hetero) is 1. The molecule has 2 aliphatic carbocycles. The number of epoxide rings is 1. The minimum Gasteiger partial charge on any atom is -0.433 e. The number of ketones is 1. The highest BCUT2D eigenvalue weighted by atomic mass is 16.7. The standard InChI is InChI=1S/C15H16O7/c1-6-2-9-14(4-19-13(18)22-12(14)10(6)17)8-3-7(16)11(21-9)15(8)5-20-15/h2,7-9,11-12,16H,3-5H2,1H3/t7-,8?,9?,11?,12-,14-,15+/m1/s1. The third-order valence-corrected chi connectivity index (χ3v) is 6.02. The van der Waals surface area contributed by atoms with E-state index in [1.807, 2.05) is 0 Å². The average molecular weight is 308 g/mol. The zero-order valence-corrected chi connectivity index (χ0v) is 12.0. The normalized spacial score (nSPS) is 55.0. The summed E-state index contributed by atoms with van der Waals surface area (Å²) in [6.45, 7) is 2.23. The molecule has 1 N–H and O–H groups in total. The molecule has 5 rings (SSSR count). The largest absolute Gasteiger partial charge is 0.509 e. The lowest BCUT2D eigenvalue weighted by atomic mass is 9.58. The minimum atomic E-state index is -0.930. The van der Waals surface area contributed by atoms with Gasteiger partial charge in [-0.1, -0.05) is 0 Å². The van der Waals surface area contributed by atoms with Gasteiger partial charge >= 0.3 is 6.16 Å². The summed E-state index contributed by atoms with van der Waals surface area (Å²) in [5, 5.41) is 10.3. The molecule has 3 heterocycles. The maximum absolute atomic E-state index is 12.6. The van der Waals surface area contributed by atoms with Gasteiger partial charge in [0.05, 0.1) is 24.2 Å². The Hall–Kier alpha value is -1.44. The second-order valence-corrected chi connectivity index (χ2v) is 6.94. The van der Waals surface area contributed by atoms with Crippen molar-refractivity contribution < 1.29 is 33.6 Å². The van der Waals surface area contributed by atoms with E-state index in [4.69, 9.17) is 18.9 Å². The lowest BCUT2D eigenvalue weighted by Crippen LogP contribution is -2.68. The lowest BCUT2D eigenvalue weighted by molar-refractivity contribution is -0.235. The molecule has 0 amide bonds. The summed E-state index contributed by atoms with van der Waals surface area (Å²) in [6, 6.07) is 0. The van der Waals surface area contributed by atoms with Gasteiger partial charge < -0.3 is 24.1 Å². The summed E-state index contributed by atoms with van der Waals surface area (Å²) in [6.07, 6.45) is -0.999. The number of aliphatic hydroxyl groups is 1. The van der Waals surface area contributed by atoms with E-state index in [2.05, 4.69) is 0 Å². The highest BCUT2D eigenvalue weighted by Gasteiger charge is 2.79. The number of rotatable bonds is 0. The van der Waals surface area contributed by atoms with Gasteiger partial charge in [-0.25, -0.2) is 4.79 Å². The van der Waals surface area contributed by atoms with Crippen LogP contribution in [0.3, 0.4) is 0 Å². The first-order valence-electron chi connectivity index (χ1n) is 7.52. The molecule has 3 aliphatic heterocycles. The first-order chi connectivity index (χ1) is 10.5. The first kappa shape index (κ1) is 13.0. The van der Waals surface area contributed by atoms with Crippen molar-refractivity contribution in [1.82, 2.24) is 0 Å². The van der Waals surface area contributed by atoms with E-state index in [0.29, 0.717) is 18.6 Å². The van der Waals surface area contributed by atoms with Crippen LogP contribution < -0.4 is 0 Å². The molecule has 3 unspecified atom stereocenters. The summed E-state index contributed by atoms with van der Waals surface area (Å²) < 4.78 is 22.2. The monoisotopic (exact) mass is 308 g/mol. The van der Waals surface area contributed by atoms with Gasteiger partial charge in [-0.05, 0) is 25.0 Å². The molecule has 22 heavy (non-hydrogen) atoms. The van der Waals surface area contributed by atoms with E-state index in [-0.39, 0.29) is 18.3 Å². The molecule has 0 aromatic rings. The predicted octanol–water partition coefficient (Wildman–Crippen LogP) is -0.0456. The molecular weight excluding hydrogens is 292 g/mol. The first-order valence-corrected chi connectivity index (χ1v) is 7.52. The molecule has 4 fully saturated rings. The quantitative estimate of drug-likeness (QED) is 0.495. The number of hydrogen-bond donors (Lipinski definition) is 1. The predicted molar refractivity (Wildman–Crippen MR) is 68.9 cm³/mol. The molecule has 1 saturated carbocycles. The molecule has 7 heteroatoms. The Bertz CT molecular complexity index is 621. The molecule has 2 spiro atoms.